The van der Waals surface area contributed by atoms with E-state index in [4.69, 9.17) is 14.2 Å². The molecule has 36 heavy (non-hydrogen) atoms. The first-order chi connectivity index (χ1) is 17.3. The van der Waals surface area contributed by atoms with Gasteiger partial charge in [0.05, 0.1) is 12.2 Å². The maximum absolute atomic E-state index is 12.9. The first-order valence-electron chi connectivity index (χ1n) is 12.0. The quantitative estimate of drug-likeness (QED) is 0.309. The van der Waals surface area contributed by atoms with Crippen LogP contribution in [0, 0.1) is 6.92 Å². The minimum Gasteiger partial charge on any atom is -0.485 e. The largest absolute Gasteiger partial charge is 0.485 e. The van der Waals surface area contributed by atoms with Gasteiger partial charge in [0.25, 0.3) is 0 Å². The summed E-state index contributed by atoms with van der Waals surface area (Å²) in [6, 6.07) is 22.9. The van der Waals surface area contributed by atoms with Crippen LogP contribution in [0.1, 0.15) is 40.9 Å². The van der Waals surface area contributed by atoms with Crippen LogP contribution < -0.4 is 14.8 Å². The smallest absolute Gasteiger partial charge is 0.338 e. The lowest BCUT2D eigenvalue weighted by Gasteiger charge is -2.25. The number of aryl methyl sites for hydroxylation is 1. The predicted molar refractivity (Wildman–Crippen MR) is 138 cm³/mol. The fourth-order valence-electron chi connectivity index (χ4n) is 3.34. The van der Waals surface area contributed by atoms with Gasteiger partial charge in [0.15, 0.2) is 11.5 Å². The average Bonchev–Trinajstić information content (AvgIpc) is 2.90. The Hall–Kier alpha value is -3.39. The molecule has 3 aromatic rings. The lowest BCUT2D eigenvalue weighted by Crippen LogP contribution is -2.47. The Balaban J connectivity index is 1.72. The van der Waals surface area contributed by atoms with E-state index in [0.717, 1.165) is 11.1 Å². The Morgan fingerprint density at radius 2 is 1.44 bits per heavy atom. The van der Waals surface area contributed by atoms with Gasteiger partial charge in [0.1, 0.15) is 25.9 Å². The van der Waals surface area contributed by atoms with Gasteiger partial charge in [0, 0.05) is 12.1 Å². The summed E-state index contributed by atoms with van der Waals surface area (Å²) in [5.41, 5.74) is 2.46. The zero-order chi connectivity index (χ0) is 26.0. The van der Waals surface area contributed by atoms with Gasteiger partial charge < -0.3 is 29.7 Å². The van der Waals surface area contributed by atoms with Crippen LogP contribution in [0.5, 0.6) is 11.5 Å². The third-order valence-corrected chi connectivity index (χ3v) is 5.60. The number of nitrogens with one attached hydrogen (secondary N) is 1. The van der Waals surface area contributed by atoms with Crippen LogP contribution in [0.25, 0.3) is 0 Å². The molecule has 0 unspecified atom stereocenters. The van der Waals surface area contributed by atoms with Crippen LogP contribution in [0.15, 0.2) is 72.8 Å². The molecule has 0 heterocycles. The molecular weight excluding hydrogens is 458 g/mol. The molecule has 3 aromatic carbocycles. The highest BCUT2D eigenvalue weighted by molar-refractivity contribution is 5.92. The number of benzene rings is 3. The van der Waals surface area contributed by atoms with Crippen LogP contribution in [-0.2, 0) is 18.0 Å². The van der Waals surface area contributed by atoms with Gasteiger partial charge >= 0.3 is 5.97 Å². The number of ether oxygens (including phenoxy) is 3. The SMILES string of the molecule is Cc1cc(OCc2ccccc2)c(OCc2ccccc2)cc1C(=O)OC[C@@H](O)CNC(C)(C)CO. The van der Waals surface area contributed by atoms with Crippen LogP contribution >= 0.6 is 0 Å². The van der Waals surface area contributed by atoms with E-state index in [2.05, 4.69) is 5.32 Å². The van der Waals surface area contributed by atoms with Crippen molar-refractivity contribution < 1.29 is 29.2 Å². The third-order valence-electron chi connectivity index (χ3n) is 5.60. The molecular formula is C29H35NO6. The zero-order valence-electron chi connectivity index (χ0n) is 21.1. The normalized spacial score (nSPS) is 12.1. The van der Waals surface area contributed by atoms with Crippen molar-refractivity contribution in [1.29, 1.82) is 0 Å². The molecule has 0 aliphatic rings. The van der Waals surface area contributed by atoms with E-state index >= 15 is 0 Å². The highest BCUT2D eigenvalue weighted by atomic mass is 16.5. The summed E-state index contributed by atoms with van der Waals surface area (Å²) >= 11 is 0. The number of rotatable bonds is 13. The maximum atomic E-state index is 12.9. The highest BCUT2D eigenvalue weighted by Gasteiger charge is 2.20. The molecule has 0 radical (unpaired) electrons. The number of β-amino-alcohol motifs (C(OH)–C–C–N with tert-alkyl or cyclic N) is 1. The Bertz CT molecular complexity index is 1100. The molecule has 1 atom stereocenters. The summed E-state index contributed by atoms with van der Waals surface area (Å²) in [6.45, 7) is 6.01. The van der Waals surface area contributed by atoms with E-state index in [1.165, 1.54) is 0 Å². The van der Waals surface area contributed by atoms with Gasteiger partial charge in [-0.25, -0.2) is 4.79 Å². The molecule has 0 aliphatic heterocycles. The van der Waals surface area contributed by atoms with Crippen molar-refractivity contribution in [3.63, 3.8) is 0 Å². The van der Waals surface area contributed by atoms with E-state index < -0.39 is 17.6 Å². The molecule has 0 saturated heterocycles. The average molecular weight is 494 g/mol. The van der Waals surface area contributed by atoms with Gasteiger partial charge in [-0.05, 0) is 49.6 Å². The van der Waals surface area contributed by atoms with Crippen molar-refractivity contribution >= 4 is 5.97 Å². The maximum Gasteiger partial charge on any atom is 0.338 e. The van der Waals surface area contributed by atoms with Gasteiger partial charge in [-0.15, -0.1) is 0 Å². The van der Waals surface area contributed by atoms with Crippen molar-refractivity contribution in [1.82, 2.24) is 5.32 Å². The lowest BCUT2D eigenvalue weighted by atomic mass is 10.1. The second-order valence-electron chi connectivity index (χ2n) is 9.34. The lowest BCUT2D eigenvalue weighted by molar-refractivity contribution is 0.0233. The Morgan fingerprint density at radius 1 is 0.917 bits per heavy atom. The minimum absolute atomic E-state index is 0.0802. The number of aliphatic hydroxyl groups is 2. The molecule has 7 heteroatoms. The molecule has 0 aliphatic carbocycles. The second-order valence-corrected chi connectivity index (χ2v) is 9.34. The molecule has 3 N–H and O–H groups in total. The molecule has 7 nitrogen and oxygen atoms in total. The van der Waals surface area contributed by atoms with Crippen LogP contribution in [-0.4, -0.2) is 47.6 Å². The summed E-state index contributed by atoms with van der Waals surface area (Å²) in [6.07, 6.45) is -0.914. The topological polar surface area (TPSA) is 97.3 Å². The fraction of sp³-hybridized carbons (Fsp3) is 0.345. The Morgan fingerprint density at radius 3 is 1.97 bits per heavy atom. The van der Waals surface area contributed by atoms with Crippen LogP contribution in [0.4, 0.5) is 0 Å². The van der Waals surface area contributed by atoms with E-state index in [1.807, 2.05) is 74.5 Å². The zero-order valence-corrected chi connectivity index (χ0v) is 21.1. The Kier molecular flexibility index (Phi) is 9.87. The molecule has 0 spiro atoms. The number of esters is 1. The van der Waals surface area contributed by atoms with Gasteiger partial charge in [-0.1, -0.05) is 60.7 Å². The van der Waals surface area contributed by atoms with E-state index in [9.17, 15) is 15.0 Å². The van der Waals surface area contributed by atoms with E-state index in [-0.39, 0.29) is 19.8 Å². The van der Waals surface area contributed by atoms with E-state index in [0.29, 0.717) is 35.8 Å². The standard InChI is InChI=1S/C29H35NO6/c1-21-14-26(34-17-22-10-6-4-7-11-22)27(35-18-23-12-8-5-9-13-23)15-25(21)28(33)36-19-24(32)16-30-29(2,3)20-31/h4-15,24,30-32H,16-20H2,1-3H3/t24-/m0/s1. The van der Waals surface area contributed by atoms with E-state index in [1.54, 1.807) is 19.1 Å². The molecule has 192 valence electrons. The molecule has 0 saturated carbocycles. The van der Waals surface area contributed by atoms with Gasteiger partial charge in [-0.2, -0.15) is 0 Å². The van der Waals surface area contributed by atoms with Gasteiger partial charge in [-0.3, -0.25) is 0 Å². The van der Waals surface area contributed by atoms with Crippen LogP contribution in [0.2, 0.25) is 0 Å². The summed E-state index contributed by atoms with van der Waals surface area (Å²) < 4.78 is 17.5. The van der Waals surface area contributed by atoms with Crippen molar-refractivity contribution in [2.75, 3.05) is 19.8 Å². The summed E-state index contributed by atoms with van der Waals surface area (Å²) in [5.74, 6) is 0.394. The molecule has 0 aromatic heterocycles. The van der Waals surface area contributed by atoms with Gasteiger partial charge in [0.2, 0.25) is 0 Å². The molecule has 0 fully saturated rings. The number of hydrogen-bond donors (Lipinski definition) is 3. The molecule has 0 bridgehead atoms. The van der Waals surface area contributed by atoms with Crippen LogP contribution in [0.3, 0.4) is 0 Å². The first kappa shape index (κ1) is 27.2. The number of hydrogen-bond acceptors (Lipinski definition) is 7. The summed E-state index contributed by atoms with van der Waals surface area (Å²) in [5, 5.41) is 22.5. The number of carbonyl (C=O) groups excluding carboxylic acids is 1. The van der Waals surface area contributed by atoms with Crippen molar-refractivity contribution in [3.8, 4) is 11.5 Å². The van der Waals surface area contributed by atoms with Crippen molar-refractivity contribution in [2.45, 2.75) is 45.6 Å². The highest BCUT2D eigenvalue weighted by Crippen LogP contribution is 2.33. The van der Waals surface area contributed by atoms with Crippen molar-refractivity contribution in [3.05, 3.63) is 95.1 Å². The number of carbonyl (C=O) groups is 1. The summed E-state index contributed by atoms with van der Waals surface area (Å²) in [7, 11) is 0. The molecule has 3 rings (SSSR count). The Labute approximate surface area is 212 Å². The summed E-state index contributed by atoms with van der Waals surface area (Å²) in [4.78, 5) is 12.9. The monoisotopic (exact) mass is 493 g/mol. The first-order valence-corrected chi connectivity index (χ1v) is 12.0. The number of aliphatic hydroxyl groups excluding tert-OH is 2. The minimum atomic E-state index is -0.914. The predicted octanol–water partition coefficient (Wildman–Crippen LogP) is 4.03. The molecule has 0 amide bonds. The third kappa shape index (κ3) is 8.37. The van der Waals surface area contributed by atoms with Crippen molar-refractivity contribution in [2.24, 2.45) is 0 Å². The fourth-order valence-corrected chi connectivity index (χ4v) is 3.34. The second kappa shape index (κ2) is 13.1.